The second-order valence-corrected chi connectivity index (χ2v) is 6.57. The van der Waals surface area contributed by atoms with Crippen LogP contribution in [0.1, 0.15) is 16.7 Å². The van der Waals surface area contributed by atoms with E-state index in [1.54, 1.807) is 30.5 Å². The lowest BCUT2D eigenvalue weighted by molar-refractivity contribution is 0.306. The van der Waals surface area contributed by atoms with Crippen LogP contribution in [0.25, 0.3) is 0 Å². The molecule has 3 aromatic rings. The zero-order valence-electron chi connectivity index (χ0n) is 14.0. The van der Waals surface area contributed by atoms with Crippen molar-refractivity contribution in [1.29, 1.82) is 0 Å². The van der Waals surface area contributed by atoms with Gasteiger partial charge in [0.1, 0.15) is 18.2 Å². The fraction of sp³-hybridized carbons (Fsp3) is 0.0952. The van der Waals surface area contributed by atoms with Crippen LogP contribution in [0.3, 0.4) is 0 Å². The number of rotatable bonds is 5. The molecule has 3 rings (SSSR count). The molecule has 0 unspecified atom stereocenters. The molecule has 0 amide bonds. The topological polar surface area (TPSA) is 21.6 Å². The Bertz CT molecular complexity index is 956. The summed E-state index contributed by atoms with van der Waals surface area (Å²) < 4.78 is 18.9. The average molecular weight is 388 g/mol. The number of aliphatic imine (C=N–C) groups is 1. The maximum absolute atomic E-state index is 13.2. The number of ether oxygens (including phenoxy) is 1. The lowest BCUT2D eigenvalue weighted by Crippen LogP contribution is -1.97. The molecule has 0 fully saturated rings. The Balaban J connectivity index is 1.71. The summed E-state index contributed by atoms with van der Waals surface area (Å²) in [4.78, 5) is 4.46. The van der Waals surface area contributed by atoms with E-state index in [1.165, 1.54) is 12.1 Å². The normalized spacial score (nSPS) is 11.1. The Morgan fingerprint density at radius 3 is 2.58 bits per heavy atom. The summed E-state index contributed by atoms with van der Waals surface area (Å²) in [5.74, 6) is 0.243. The van der Waals surface area contributed by atoms with Crippen LogP contribution in [0.2, 0.25) is 10.0 Å². The van der Waals surface area contributed by atoms with Gasteiger partial charge < -0.3 is 4.74 Å². The molecule has 0 heterocycles. The second kappa shape index (κ2) is 8.35. The van der Waals surface area contributed by atoms with E-state index in [4.69, 9.17) is 27.9 Å². The Morgan fingerprint density at radius 1 is 1.00 bits per heavy atom. The molecule has 0 aliphatic carbocycles. The summed E-state index contributed by atoms with van der Waals surface area (Å²) in [6.45, 7) is 2.16. The van der Waals surface area contributed by atoms with Crippen molar-refractivity contribution in [2.75, 3.05) is 0 Å². The Hall–Kier alpha value is -2.36. The van der Waals surface area contributed by atoms with Gasteiger partial charge in [-0.15, -0.1) is 0 Å². The van der Waals surface area contributed by atoms with E-state index < -0.39 is 0 Å². The highest BCUT2D eigenvalue weighted by atomic mass is 35.5. The number of nitrogens with zero attached hydrogens (tertiary/aromatic N) is 1. The van der Waals surface area contributed by atoms with Crippen molar-refractivity contribution < 1.29 is 9.13 Å². The maximum Gasteiger partial charge on any atom is 0.138 e. The third-order valence-electron chi connectivity index (χ3n) is 3.83. The molecule has 0 aliphatic rings. The minimum absolute atomic E-state index is 0.243. The smallest absolute Gasteiger partial charge is 0.138 e. The van der Waals surface area contributed by atoms with Crippen LogP contribution < -0.4 is 4.74 Å². The number of hydrogen-bond donors (Lipinski definition) is 0. The molecule has 0 bridgehead atoms. The monoisotopic (exact) mass is 387 g/mol. The molecular weight excluding hydrogens is 372 g/mol. The van der Waals surface area contributed by atoms with Crippen molar-refractivity contribution in [2.45, 2.75) is 13.5 Å². The van der Waals surface area contributed by atoms with Crippen LogP contribution in [-0.4, -0.2) is 6.21 Å². The van der Waals surface area contributed by atoms with Gasteiger partial charge in [-0.1, -0.05) is 41.4 Å². The number of benzene rings is 3. The highest BCUT2D eigenvalue weighted by molar-refractivity contribution is 6.32. The van der Waals surface area contributed by atoms with E-state index in [1.807, 2.05) is 31.2 Å². The zero-order chi connectivity index (χ0) is 18.5. The third kappa shape index (κ3) is 4.63. The Kier molecular flexibility index (Phi) is 5.92. The standard InChI is InChI=1S/C21H16Cl2FNO/c1-14-18(22)6-3-7-20(14)25-12-15-8-9-21(19(23)11-15)26-13-16-4-2-5-17(24)10-16/h2-12H,13H2,1H3. The van der Waals surface area contributed by atoms with Gasteiger partial charge in [0.15, 0.2) is 0 Å². The van der Waals surface area contributed by atoms with Crippen molar-refractivity contribution in [1.82, 2.24) is 0 Å². The SMILES string of the molecule is Cc1c(Cl)cccc1N=Cc1ccc(OCc2cccc(F)c2)c(Cl)c1. The lowest BCUT2D eigenvalue weighted by atomic mass is 10.2. The molecule has 0 spiro atoms. The predicted octanol–water partition coefficient (Wildman–Crippen LogP) is 6.77. The van der Waals surface area contributed by atoms with Crippen LogP contribution in [0.5, 0.6) is 5.75 Å². The summed E-state index contributed by atoms with van der Waals surface area (Å²) in [5, 5.41) is 1.15. The first-order chi connectivity index (χ1) is 12.5. The van der Waals surface area contributed by atoms with Crippen LogP contribution >= 0.6 is 23.2 Å². The van der Waals surface area contributed by atoms with Gasteiger partial charge in [0.05, 0.1) is 10.7 Å². The largest absolute Gasteiger partial charge is 0.487 e. The Morgan fingerprint density at radius 2 is 1.81 bits per heavy atom. The van der Waals surface area contributed by atoms with Gasteiger partial charge in [0.2, 0.25) is 0 Å². The number of hydrogen-bond acceptors (Lipinski definition) is 2. The summed E-state index contributed by atoms with van der Waals surface area (Å²) >= 11 is 12.4. The zero-order valence-corrected chi connectivity index (χ0v) is 15.6. The van der Waals surface area contributed by atoms with Gasteiger partial charge >= 0.3 is 0 Å². The van der Waals surface area contributed by atoms with Gasteiger partial charge in [-0.05, 0) is 66.1 Å². The van der Waals surface area contributed by atoms with Crippen LogP contribution in [0.15, 0.2) is 65.7 Å². The highest BCUT2D eigenvalue weighted by Crippen LogP contribution is 2.28. The Labute approximate surface area is 161 Å². The summed E-state index contributed by atoms with van der Waals surface area (Å²) in [5.41, 5.74) is 3.31. The van der Waals surface area contributed by atoms with Crippen molar-refractivity contribution >= 4 is 35.1 Å². The van der Waals surface area contributed by atoms with E-state index in [9.17, 15) is 4.39 Å². The third-order valence-corrected chi connectivity index (χ3v) is 4.54. The minimum Gasteiger partial charge on any atom is -0.487 e. The van der Waals surface area contributed by atoms with Crippen molar-refractivity contribution in [2.24, 2.45) is 4.99 Å². The first-order valence-electron chi connectivity index (χ1n) is 7.99. The molecule has 0 saturated heterocycles. The van der Waals surface area contributed by atoms with E-state index in [-0.39, 0.29) is 12.4 Å². The second-order valence-electron chi connectivity index (χ2n) is 5.75. The van der Waals surface area contributed by atoms with Crippen molar-refractivity contribution in [3.05, 3.63) is 93.2 Å². The van der Waals surface area contributed by atoms with Crippen molar-refractivity contribution in [3.63, 3.8) is 0 Å². The van der Waals surface area contributed by atoms with Gasteiger partial charge in [-0.2, -0.15) is 0 Å². The maximum atomic E-state index is 13.2. The quantitative estimate of drug-likeness (QED) is 0.442. The molecule has 132 valence electrons. The average Bonchev–Trinajstić information content (AvgIpc) is 2.62. The van der Waals surface area contributed by atoms with Crippen molar-refractivity contribution in [3.8, 4) is 5.75 Å². The van der Waals surface area contributed by atoms with Gasteiger partial charge in [-0.25, -0.2) is 4.39 Å². The molecule has 3 aromatic carbocycles. The van der Waals surface area contributed by atoms with Gasteiger partial charge in [-0.3, -0.25) is 4.99 Å². The molecule has 2 nitrogen and oxygen atoms in total. The van der Waals surface area contributed by atoms with Gasteiger partial charge in [0, 0.05) is 11.2 Å². The molecule has 0 aliphatic heterocycles. The molecule has 0 atom stereocenters. The van der Waals surface area contributed by atoms with E-state index in [0.29, 0.717) is 15.8 Å². The fourth-order valence-corrected chi connectivity index (χ4v) is 2.80. The fourth-order valence-electron chi connectivity index (χ4n) is 2.38. The minimum atomic E-state index is -0.292. The highest BCUT2D eigenvalue weighted by Gasteiger charge is 2.04. The summed E-state index contributed by atoms with van der Waals surface area (Å²) in [6.07, 6.45) is 1.72. The van der Waals surface area contributed by atoms with E-state index in [2.05, 4.69) is 4.99 Å². The van der Waals surface area contributed by atoms with E-state index in [0.717, 1.165) is 22.4 Å². The molecule has 26 heavy (non-hydrogen) atoms. The molecule has 5 heteroatoms. The first-order valence-corrected chi connectivity index (χ1v) is 8.74. The van der Waals surface area contributed by atoms with Crippen LogP contribution in [-0.2, 0) is 6.61 Å². The first kappa shape index (κ1) is 18.4. The lowest BCUT2D eigenvalue weighted by Gasteiger charge is -2.09. The molecule has 0 aromatic heterocycles. The summed E-state index contributed by atoms with van der Waals surface area (Å²) in [6, 6.07) is 17.3. The molecule has 0 N–H and O–H groups in total. The molecule has 0 radical (unpaired) electrons. The summed E-state index contributed by atoms with van der Waals surface area (Å²) in [7, 11) is 0. The van der Waals surface area contributed by atoms with Gasteiger partial charge in [0.25, 0.3) is 0 Å². The van der Waals surface area contributed by atoms with E-state index >= 15 is 0 Å². The molecule has 0 saturated carbocycles. The van der Waals surface area contributed by atoms with Crippen LogP contribution in [0.4, 0.5) is 10.1 Å². The van der Waals surface area contributed by atoms with Crippen LogP contribution in [0, 0.1) is 12.7 Å². The molecular formula is C21H16Cl2FNO. The predicted molar refractivity (Wildman–Crippen MR) is 106 cm³/mol. The number of halogens is 3.